The van der Waals surface area contributed by atoms with E-state index in [4.69, 9.17) is 4.74 Å². The van der Waals surface area contributed by atoms with Crippen molar-refractivity contribution in [1.29, 1.82) is 0 Å². The summed E-state index contributed by atoms with van der Waals surface area (Å²) in [7, 11) is 0. The van der Waals surface area contributed by atoms with Gasteiger partial charge in [0.15, 0.2) is 0 Å². The number of hydrogen-bond acceptors (Lipinski definition) is 3. The van der Waals surface area contributed by atoms with Crippen molar-refractivity contribution in [1.82, 2.24) is 0 Å². The lowest BCUT2D eigenvalue weighted by molar-refractivity contribution is -0.133. The number of ether oxygens (including phenoxy) is 1. The van der Waals surface area contributed by atoms with E-state index in [0.29, 0.717) is 12.2 Å². The van der Waals surface area contributed by atoms with Gasteiger partial charge in [-0.15, -0.1) is 0 Å². The lowest BCUT2D eigenvalue weighted by Gasteiger charge is -2.09. The fourth-order valence-electron chi connectivity index (χ4n) is 2.35. The zero-order valence-corrected chi connectivity index (χ0v) is 14.0. The molecule has 0 aliphatic rings. The molecular formula is C18H28O2S. The molecule has 3 heteroatoms. The molecule has 0 heterocycles. The van der Waals surface area contributed by atoms with E-state index in [1.54, 1.807) is 0 Å². The number of hydrogen-bond donors (Lipinski definition) is 1. The Morgan fingerprint density at radius 2 is 1.71 bits per heavy atom. The fourth-order valence-corrected chi connectivity index (χ4v) is 2.53. The molecule has 21 heavy (non-hydrogen) atoms. The number of carbonyl (C=O) groups is 1. The van der Waals surface area contributed by atoms with Crippen molar-refractivity contribution in [3.05, 3.63) is 29.8 Å². The third kappa shape index (κ3) is 8.15. The number of para-hydroxylation sites is 1. The smallest absolute Gasteiger partial charge is 0.312 e. The number of unbranched alkanes of at least 4 members (excludes halogenated alkanes) is 6. The predicted octanol–water partition coefficient (Wildman–Crippen LogP) is 5.21. The minimum atomic E-state index is -0.197. The Kier molecular flexibility index (Phi) is 10.1. The van der Waals surface area contributed by atoms with Crippen LogP contribution in [0.4, 0.5) is 0 Å². The molecule has 1 aromatic rings. The van der Waals surface area contributed by atoms with Crippen molar-refractivity contribution < 1.29 is 9.53 Å². The van der Waals surface area contributed by atoms with E-state index in [1.165, 1.54) is 38.5 Å². The van der Waals surface area contributed by atoms with Gasteiger partial charge in [0.25, 0.3) is 0 Å². The maximum absolute atomic E-state index is 11.6. The standard InChI is InChI=1S/C18H28O2S/c1-2-3-4-5-6-7-8-11-16-12-9-10-13-17(16)20-18(19)14-15-21/h9-10,12-13,21H,2-8,11,14-15H2,1H3. The largest absolute Gasteiger partial charge is 0.426 e. The summed E-state index contributed by atoms with van der Waals surface area (Å²) < 4.78 is 5.41. The first-order valence-electron chi connectivity index (χ1n) is 8.17. The highest BCUT2D eigenvalue weighted by Crippen LogP contribution is 2.21. The Labute approximate surface area is 134 Å². The number of thiol groups is 1. The molecule has 0 aliphatic heterocycles. The molecule has 1 aromatic carbocycles. The summed E-state index contributed by atoms with van der Waals surface area (Å²) in [6.07, 6.45) is 10.4. The van der Waals surface area contributed by atoms with Crippen molar-refractivity contribution in [3.8, 4) is 5.75 Å². The molecule has 0 aromatic heterocycles. The van der Waals surface area contributed by atoms with Crippen LogP contribution in [0.15, 0.2) is 24.3 Å². The second-order valence-corrected chi connectivity index (χ2v) is 5.87. The van der Waals surface area contributed by atoms with Crippen molar-refractivity contribution in [2.24, 2.45) is 0 Å². The molecule has 118 valence electrons. The lowest BCUT2D eigenvalue weighted by Crippen LogP contribution is -2.09. The van der Waals surface area contributed by atoms with E-state index < -0.39 is 0 Å². The van der Waals surface area contributed by atoms with E-state index in [1.807, 2.05) is 18.2 Å². The summed E-state index contributed by atoms with van der Waals surface area (Å²) in [4.78, 5) is 11.6. The van der Waals surface area contributed by atoms with Crippen LogP contribution in [0.25, 0.3) is 0 Å². The predicted molar refractivity (Wildman–Crippen MR) is 92.2 cm³/mol. The van der Waals surface area contributed by atoms with Crippen LogP contribution in [0, 0.1) is 0 Å². The van der Waals surface area contributed by atoms with Gasteiger partial charge in [-0.05, 0) is 24.5 Å². The van der Waals surface area contributed by atoms with Gasteiger partial charge in [0.2, 0.25) is 0 Å². The zero-order chi connectivity index (χ0) is 15.3. The quantitative estimate of drug-likeness (QED) is 0.263. The van der Waals surface area contributed by atoms with Crippen molar-refractivity contribution in [2.75, 3.05) is 5.75 Å². The molecule has 0 unspecified atom stereocenters. The highest BCUT2D eigenvalue weighted by Gasteiger charge is 2.08. The Balaban J connectivity index is 2.32. The Bertz CT molecular complexity index is 404. The van der Waals surface area contributed by atoms with Crippen molar-refractivity contribution in [3.63, 3.8) is 0 Å². The molecule has 2 nitrogen and oxygen atoms in total. The van der Waals surface area contributed by atoms with Crippen LogP contribution in [0.3, 0.4) is 0 Å². The van der Waals surface area contributed by atoms with Gasteiger partial charge in [-0.3, -0.25) is 4.79 Å². The summed E-state index contributed by atoms with van der Waals surface area (Å²) in [5.74, 6) is 1.05. The maximum Gasteiger partial charge on any atom is 0.312 e. The average Bonchev–Trinajstić information content (AvgIpc) is 2.48. The van der Waals surface area contributed by atoms with E-state index >= 15 is 0 Å². The molecule has 0 amide bonds. The summed E-state index contributed by atoms with van der Waals surface area (Å²) in [5, 5.41) is 0. The SMILES string of the molecule is CCCCCCCCCc1ccccc1OC(=O)CCS. The third-order valence-corrected chi connectivity index (χ3v) is 3.79. The van der Waals surface area contributed by atoms with E-state index in [9.17, 15) is 4.79 Å². The van der Waals surface area contributed by atoms with Gasteiger partial charge in [-0.25, -0.2) is 0 Å². The third-order valence-electron chi connectivity index (χ3n) is 3.56. The number of rotatable bonds is 11. The molecule has 0 N–H and O–H groups in total. The zero-order valence-electron chi connectivity index (χ0n) is 13.1. The monoisotopic (exact) mass is 308 g/mol. The van der Waals surface area contributed by atoms with Crippen LogP contribution in [-0.4, -0.2) is 11.7 Å². The van der Waals surface area contributed by atoms with E-state index in [-0.39, 0.29) is 5.97 Å². The van der Waals surface area contributed by atoms with Gasteiger partial charge >= 0.3 is 5.97 Å². The number of aryl methyl sites for hydroxylation is 1. The highest BCUT2D eigenvalue weighted by molar-refractivity contribution is 7.80. The van der Waals surface area contributed by atoms with E-state index in [2.05, 4.69) is 25.6 Å². The molecular weight excluding hydrogens is 280 g/mol. The van der Waals surface area contributed by atoms with Gasteiger partial charge in [-0.1, -0.05) is 63.6 Å². The van der Waals surface area contributed by atoms with Gasteiger partial charge in [0.05, 0.1) is 6.42 Å². The molecule has 0 atom stereocenters. The summed E-state index contributed by atoms with van der Waals surface area (Å²) >= 11 is 4.06. The second kappa shape index (κ2) is 11.7. The topological polar surface area (TPSA) is 26.3 Å². The maximum atomic E-state index is 11.6. The van der Waals surface area contributed by atoms with Gasteiger partial charge in [0.1, 0.15) is 5.75 Å². The molecule has 0 fully saturated rings. The second-order valence-electron chi connectivity index (χ2n) is 5.43. The molecule has 0 bridgehead atoms. The first kappa shape index (κ1) is 18.1. The Hall–Kier alpha value is -0.960. The van der Waals surface area contributed by atoms with Gasteiger partial charge < -0.3 is 4.74 Å². The molecule has 0 spiro atoms. The van der Waals surface area contributed by atoms with Crippen LogP contribution in [0.1, 0.15) is 63.9 Å². The van der Waals surface area contributed by atoms with Gasteiger partial charge in [0, 0.05) is 5.75 Å². The molecule has 0 saturated heterocycles. The number of benzene rings is 1. The number of carbonyl (C=O) groups excluding carboxylic acids is 1. The lowest BCUT2D eigenvalue weighted by atomic mass is 10.0. The van der Waals surface area contributed by atoms with Crippen LogP contribution in [0.2, 0.25) is 0 Å². The highest BCUT2D eigenvalue weighted by atomic mass is 32.1. The Morgan fingerprint density at radius 1 is 1.05 bits per heavy atom. The van der Waals surface area contributed by atoms with Gasteiger partial charge in [-0.2, -0.15) is 12.6 Å². The first-order valence-corrected chi connectivity index (χ1v) is 8.80. The molecule has 1 rings (SSSR count). The summed E-state index contributed by atoms with van der Waals surface area (Å²) in [5.41, 5.74) is 1.14. The van der Waals surface area contributed by atoms with E-state index in [0.717, 1.165) is 24.2 Å². The minimum absolute atomic E-state index is 0.197. The minimum Gasteiger partial charge on any atom is -0.426 e. The normalized spacial score (nSPS) is 10.6. The van der Waals surface area contributed by atoms with Crippen LogP contribution < -0.4 is 4.74 Å². The molecule has 0 aliphatic carbocycles. The van der Waals surface area contributed by atoms with Crippen molar-refractivity contribution in [2.45, 2.75) is 64.7 Å². The molecule has 0 radical (unpaired) electrons. The first-order chi connectivity index (χ1) is 10.3. The fraction of sp³-hybridized carbons (Fsp3) is 0.611. The molecule has 0 saturated carbocycles. The van der Waals surface area contributed by atoms with Crippen molar-refractivity contribution >= 4 is 18.6 Å². The summed E-state index contributed by atoms with van der Waals surface area (Å²) in [6, 6.07) is 7.86. The van der Waals surface area contributed by atoms with Crippen LogP contribution in [-0.2, 0) is 11.2 Å². The van der Waals surface area contributed by atoms with Crippen LogP contribution in [0.5, 0.6) is 5.75 Å². The summed E-state index contributed by atoms with van der Waals surface area (Å²) in [6.45, 7) is 2.24. The average molecular weight is 308 g/mol. The van der Waals surface area contributed by atoms with Crippen LogP contribution >= 0.6 is 12.6 Å². The number of esters is 1. The Morgan fingerprint density at radius 3 is 2.43 bits per heavy atom.